The van der Waals surface area contributed by atoms with Crippen molar-refractivity contribution in [1.82, 2.24) is 0 Å². The Kier molecular flexibility index (Phi) is 3.65. The Balaban J connectivity index is 2.05. The second-order valence-electron chi connectivity index (χ2n) is 4.45. The van der Waals surface area contributed by atoms with E-state index in [1.807, 2.05) is 6.07 Å². The van der Waals surface area contributed by atoms with Crippen LogP contribution >= 0.6 is 0 Å². The largest absolute Gasteiger partial charge is 0.437 e. The monoisotopic (exact) mass is 221 g/mol. The lowest BCUT2D eigenvalue weighted by Gasteiger charge is -2.23. The van der Waals surface area contributed by atoms with Crippen LogP contribution in [0.1, 0.15) is 49.6 Å². The lowest BCUT2D eigenvalue weighted by atomic mass is 10.1. The van der Waals surface area contributed by atoms with Gasteiger partial charge in [0.15, 0.2) is 17.4 Å². The first-order valence-electron chi connectivity index (χ1n) is 6.13. The molecule has 0 aliphatic carbocycles. The van der Waals surface area contributed by atoms with Gasteiger partial charge in [0.05, 0.1) is 0 Å². The summed E-state index contributed by atoms with van der Waals surface area (Å²) in [6, 6.07) is 3.69. The average molecular weight is 221 g/mol. The van der Waals surface area contributed by atoms with Gasteiger partial charge in [-0.05, 0) is 18.9 Å². The molecule has 1 aliphatic rings. The zero-order valence-corrected chi connectivity index (χ0v) is 9.87. The average Bonchev–Trinajstić information content (AvgIpc) is 2.66. The molecule has 1 aromatic heterocycles. The molecule has 0 unspecified atom stereocenters. The van der Waals surface area contributed by atoms with Crippen LogP contribution in [-0.4, -0.2) is 18.9 Å². The molecule has 1 fully saturated rings. The quantitative estimate of drug-likeness (QED) is 0.719. The van der Waals surface area contributed by atoms with Gasteiger partial charge in [-0.3, -0.25) is 4.79 Å². The number of anilines is 1. The first-order valence-corrected chi connectivity index (χ1v) is 6.13. The van der Waals surface area contributed by atoms with Gasteiger partial charge in [0.25, 0.3) is 0 Å². The van der Waals surface area contributed by atoms with E-state index < -0.39 is 0 Å². The fourth-order valence-electron chi connectivity index (χ4n) is 2.15. The van der Waals surface area contributed by atoms with Crippen molar-refractivity contribution in [2.45, 2.75) is 39.0 Å². The summed E-state index contributed by atoms with van der Waals surface area (Å²) >= 11 is 0. The van der Waals surface area contributed by atoms with E-state index in [2.05, 4.69) is 4.90 Å². The lowest BCUT2D eigenvalue weighted by Crippen LogP contribution is -2.26. The van der Waals surface area contributed by atoms with Crippen molar-refractivity contribution < 1.29 is 9.21 Å². The highest BCUT2D eigenvalue weighted by Gasteiger charge is 2.13. The highest BCUT2D eigenvalue weighted by molar-refractivity contribution is 5.91. The second-order valence-corrected chi connectivity index (χ2v) is 4.45. The maximum atomic E-state index is 11.2. The predicted octanol–water partition coefficient (Wildman–Crippen LogP) is 3.25. The number of rotatable bonds is 2. The van der Waals surface area contributed by atoms with Gasteiger partial charge in [-0.25, -0.2) is 0 Å². The third kappa shape index (κ3) is 2.65. The van der Waals surface area contributed by atoms with E-state index in [1.165, 1.54) is 39.0 Å². The van der Waals surface area contributed by atoms with Gasteiger partial charge in [-0.2, -0.15) is 0 Å². The summed E-state index contributed by atoms with van der Waals surface area (Å²) in [5.74, 6) is 1.32. The van der Waals surface area contributed by atoms with Gasteiger partial charge in [-0.15, -0.1) is 0 Å². The first kappa shape index (κ1) is 11.2. The maximum Gasteiger partial charge on any atom is 0.196 e. The summed E-state index contributed by atoms with van der Waals surface area (Å²) < 4.78 is 5.56. The summed E-state index contributed by atoms with van der Waals surface area (Å²) in [4.78, 5) is 13.4. The van der Waals surface area contributed by atoms with E-state index in [9.17, 15) is 4.79 Å². The third-order valence-electron chi connectivity index (χ3n) is 3.11. The van der Waals surface area contributed by atoms with Crippen molar-refractivity contribution >= 4 is 11.7 Å². The maximum absolute atomic E-state index is 11.2. The zero-order chi connectivity index (χ0) is 11.4. The van der Waals surface area contributed by atoms with Crippen molar-refractivity contribution in [1.29, 1.82) is 0 Å². The fraction of sp³-hybridized carbons (Fsp3) is 0.615. The van der Waals surface area contributed by atoms with E-state index in [0.29, 0.717) is 5.76 Å². The molecule has 88 valence electrons. The van der Waals surface area contributed by atoms with E-state index in [0.717, 1.165) is 19.0 Å². The molecule has 0 spiro atoms. The Morgan fingerprint density at radius 3 is 2.31 bits per heavy atom. The molecule has 2 rings (SSSR count). The minimum absolute atomic E-state index is 0.00158. The van der Waals surface area contributed by atoms with Crippen LogP contribution in [0.5, 0.6) is 0 Å². The van der Waals surface area contributed by atoms with E-state index in [-0.39, 0.29) is 5.78 Å². The standard InChI is InChI=1S/C13H19NO2/c1-11(15)12-7-8-13(16-12)14-9-5-3-2-4-6-10-14/h7-8H,2-6,9-10H2,1H3. The molecular weight excluding hydrogens is 202 g/mol. The predicted molar refractivity (Wildman–Crippen MR) is 64.0 cm³/mol. The Morgan fingerprint density at radius 1 is 1.12 bits per heavy atom. The molecule has 0 radical (unpaired) electrons. The smallest absolute Gasteiger partial charge is 0.196 e. The molecule has 1 saturated heterocycles. The molecule has 0 saturated carbocycles. The normalized spacial score (nSPS) is 17.9. The molecule has 1 aromatic rings. The van der Waals surface area contributed by atoms with E-state index in [1.54, 1.807) is 6.07 Å². The third-order valence-corrected chi connectivity index (χ3v) is 3.11. The molecule has 16 heavy (non-hydrogen) atoms. The van der Waals surface area contributed by atoms with Crippen LogP contribution in [0.3, 0.4) is 0 Å². The highest BCUT2D eigenvalue weighted by Crippen LogP contribution is 2.22. The van der Waals surface area contributed by atoms with Gasteiger partial charge in [0.2, 0.25) is 0 Å². The molecule has 0 atom stereocenters. The van der Waals surface area contributed by atoms with Crippen molar-refractivity contribution in [2.24, 2.45) is 0 Å². The van der Waals surface area contributed by atoms with Gasteiger partial charge in [0.1, 0.15) is 0 Å². The second kappa shape index (κ2) is 5.19. The molecule has 0 amide bonds. The summed E-state index contributed by atoms with van der Waals surface area (Å²) in [5.41, 5.74) is 0. The number of Topliss-reactive ketones (excluding diaryl/α,β-unsaturated/α-hetero) is 1. The summed E-state index contributed by atoms with van der Waals surface area (Å²) in [6.07, 6.45) is 6.39. The first-order chi connectivity index (χ1) is 7.77. The molecule has 0 aromatic carbocycles. The van der Waals surface area contributed by atoms with Gasteiger partial charge >= 0.3 is 0 Å². The molecule has 0 bridgehead atoms. The number of carbonyl (C=O) groups excluding carboxylic acids is 1. The number of hydrogen-bond donors (Lipinski definition) is 0. The number of carbonyl (C=O) groups is 1. The molecule has 1 aliphatic heterocycles. The van der Waals surface area contributed by atoms with Crippen LogP contribution in [0.2, 0.25) is 0 Å². The van der Waals surface area contributed by atoms with Gasteiger partial charge in [-0.1, -0.05) is 19.3 Å². The van der Waals surface area contributed by atoms with E-state index in [4.69, 9.17) is 4.42 Å². The minimum Gasteiger partial charge on any atom is -0.437 e. The SMILES string of the molecule is CC(=O)c1ccc(N2CCCCCCC2)o1. The van der Waals surface area contributed by atoms with Crippen LogP contribution in [-0.2, 0) is 0 Å². The van der Waals surface area contributed by atoms with Crippen LogP contribution in [0.15, 0.2) is 16.5 Å². The van der Waals surface area contributed by atoms with Crippen LogP contribution in [0.25, 0.3) is 0 Å². The summed E-state index contributed by atoms with van der Waals surface area (Å²) in [7, 11) is 0. The van der Waals surface area contributed by atoms with Crippen LogP contribution in [0.4, 0.5) is 5.88 Å². The van der Waals surface area contributed by atoms with Gasteiger partial charge < -0.3 is 9.32 Å². The number of hydrogen-bond acceptors (Lipinski definition) is 3. The van der Waals surface area contributed by atoms with Crippen molar-refractivity contribution in [3.8, 4) is 0 Å². The topological polar surface area (TPSA) is 33.5 Å². The Bertz CT molecular complexity index is 349. The Hall–Kier alpha value is -1.25. The van der Waals surface area contributed by atoms with Crippen LogP contribution < -0.4 is 4.90 Å². The van der Waals surface area contributed by atoms with Crippen LogP contribution in [0, 0.1) is 0 Å². The van der Waals surface area contributed by atoms with Crippen molar-refractivity contribution in [3.63, 3.8) is 0 Å². The number of furan rings is 1. The van der Waals surface area contributed by atoms with E-state index >= 15 is 0 Å². The summed E-state index contributed by atoms with van der Waals surface area (Å²) in [6.45, 7) is 3.63. The molecule has 2 heterocycles. The molecule has 3 heteroatoms. The minimum atomic E-state index is -0.00158. The Morgan fingerprint density at radius 2 is 1.75 bits per heavy atom. The number of nitrogens with zero attached hydrogens (tertiary/aromatic N) is 1. The van der Waals surface area contributed by atoms with Crippen molar-refractivity contribution in [3.05, 3.63) is 17.9 Å². The molecular formula is C13H19NO2. The Labute approximate surface area is 96.4 Å². The lowest BCUT2D eigenvalue weighted by molar-refractivity contribution is 0.0987. The summed E-state index contributed by atoms with van der Waals surface area (Å²) in [5, 5.41) is 0. The fourth-order valence-corrected chi connectivity index (χ4v) is 2.15. The number of ketones is 1. The van der Waals surface area contributed by atoms with Gasteiger partial charge in [0, 0.05) is 26.1 Å². The highest BCUT2D eigenvalue weighted by atomic mass is 16.4. The zero-order valence-electron chi connectivity index (χ0n) is 9.87. The van der Waals surface area contributed by atoms with Crippen molar-refractivity contribution in [2.75, 3.05) is 18.0 Å². The molecule has 3 nitrogen and oxygen atoms in total. The molecule has 0 N–H and O–H groups in total.